The summed E-state index contributed by atoms with van der Waals surface area (Å²) in [5.74, 6) is -0.885. The Bertz CT molecular complexity index is 497. The largest absolute Gasteiger partial charge is 0.347 e. The molecular weight excluding hydrogens is 286 g/mol. The molecule has 1 aromatic rings. The fourth-order valence-electron chi connectivity index (χ4n) is 3.16. The van der Waals surface area contributed by atoms with Gasteiger partial charge < -0.3 is 14.8 Å². The second-order valence-corrected chi connectivity index (χ2v) is 6.40. The Hall–Kier alpha value is -1.04. The van der Waals surface area contributed by atoms with E-state index in [4.69, 9.17) is 9.47 Å². The molecule has 1 aliphatic carbocycles. The molecule has 1 saturated heterocycles. The molecule has 2 fully saturated rings. The van der Waals surface area contributed by atoms with E-state index in [2.05, 4.69) is 5.32 Å². The van der Waals surface area contributed by atoms with E-state index < -0.39 is 5.79 Å². The van der Waals surface area contributed by atoms with Gasteiger partial charge in [-0.2, -0.15) is 0 Å². The molecule has 114 valence electrons. The number of amides is 1. The van der Waals surface area contributed by atoms with Gasteiger partial charge in [-0.15, -0.1) is 11.8 Å². The van der Waals surface area contributed by atoms with E-state index in [1.807, 2.05) is 30.5 Å². The summed E-state index contributed by atoms with van der Waals surface area (Å²) < 4.78 is 11.6. The third kappa shape index (κ3) is 3.10. The molecule has 2 aliphatic rings. The molecule has 1 aromatic carbocycles. The Labute approximate surface area is 129 Å². The highest BCUT2D eigenvalue weighted by Crippen LogP contribution is 2.41. The van der Waals surface area contributed by atoms with Gasteiger partial charge in [0.05, 0.1) is 19.1 Å². The number of thioether (sulfide) groups is 1. The van der Waals surface area contributed by atoms with Gasteiger partial charge >= 0.3 is 0 Å². The van der Waals surface area contributed by atoms with Gasteiger partial charge in [-0.05, 0) is 43.4 Å². The smallest absolute Gasteiger partial charge is 0.232 e. The van der Waals surface area contributed by atoms with Crippen LogP contribution in [-0.4, -0.2) is 31.2 Å². The summed E-state index contributed by atoms with van der Waals surface area (Å²) in [6, 6.07) is 7.91. The number of anilines is 1. The highest BCUT2D eigenvalue weighted by Gasteiger charge is 2.49. The number of carbonyl (C=O) groups excluding carboxylic acids is 1. The molecular formula is C16H21NO3S. The number of ether oxygens (including phenoxy) is 2. The first-order valence-corrected chi connectivity index (χ1v) is 8.69. The van der Waals surface area contributed by atoms with E-state index in [1.54, 1.807) is 11.8 Å². The number of carbonyl (C=O) groups is 1. The van der Waals surface area contributed by atoms with Gasteiger partial charge in [0.2, 0.25) is 5.91 Å². The van der Waals surface area contributed by atoms with E-state index in [9.17, 15) is 4.79 Å². The summed E-state index contributed by atoms with van der Waals surface area (Å²) in [4.78, 5) is 13.8. The fraction of sp³-hybridized carbons (Fsp3) is 0.562. The Morgan fingerprint density at radius 3 is 2.62 bits per heavy atom. The summed E-state index contributed by atoms with van der Waals surface area (Å²) in [6.07, 6.45) is 5.80. The van der Waals surface area contributed by atoms with Crippen LogP contribution in [0.3, 0.4) is 0 Å². The predicted octanol–water partition coefficient (Wildman–Crippen LogP) is 3.28. The van der Waals surface area contributed by atoms with Crippen LogP contribution in [0.4, 0.5) is 5.69 Å². The molecule has 0 aromatic heterocycles. The Kier molecular flexibility index (Phi) is 4.52. The van der Waals surface area contributed by atoms with Crippen molar-refractivity contribution in [2.24, 2.45) is 5.92 Å². The molecule has 4 nitrogen and oxygen atoms in total. The summed E-state index contributed by atoms with van der Waals surface area (Å²) in [5, 5.41) is 3.01. The molecule has 1 amide bonds. The number of hydrogen-bond donors (Lipinski definition) is 1. The zero-order chi connectivity index (χ0) is 14.7. The molecule has 1 saturated carbocycles. The predicted molar refractivity (Wildman–Crippen MR) is 83.4 cm³/mol. The van der Waals surface area contributed by atoms with Crippen LogP contribution >= 0.6 is 11.8 Å². The first kappa shape index (κ1) is 14.9. The Balaban J connectivity index is 1.70. The molecule has 1 heterocycles. The molecule has 1 N–H and O–H groups in total. The topological polar surface area (TPSA) is 47.6 Å². The SMILES string of the molecule is CSc1ccc(NC(=O)C2CCCCC23OCCO3)cc1. The minimum atomic E-state index is -0.679. The quantitative estimate of drug-likeness (QED) is 0.871. The third-order valence-corrected chi connectivity index (χ3v) is 4.99. The second-order valence-electron chi connectivity index (χ2n) is 5.52. The molecule has 3 rings (SSSR count). The van der Waals surface area contributed by atoms with Crippen LogP contribution < -0.4 is 5.32 Å². The van der Waals surface area contributed by atoms with Crippen molar-refractivity contribution in [3.63, 3.8) is 0 Å². The van der Waals surface area contributed by atoms with Gasteiger partial charge in [0.1, 0.15) is 0 Å². The lowest BCUT2D eigenvalue weighted by molar-refractivity contribution is -0.210. The van der Waals surface area contributed by atoms with Crippen molar-refractivity contribution in [1.29, 1.82) is 0 Å². The fourth-order valence-corrected chi connectivity index (χ4v) is 3.57. The first-order chi connectivity index (χ1) is 10.2. The van der Waals surface area contributed by atoms with Gasteiger partial charge in [-0.25, -0.2) is 0 Å². The van der Waals surface area contributed by atoms with Gasteiger partial charge in [-0.3, -0.25) is 4.79 Å². The highest BCUT2D eigenvalue weighted by atomic mass is 32.2. The van der Waals surface area contributed by atoms with Crippen molar-refractivity contribution in [3.8, 4) is 0 Å². The Morgan fingerprint density at radius 2 is 1.95 bits per heavy atom. The molecule has 5 heteroatoms. The number of nitrogens with one attached hydrogen (secondary N) is 1. The van der Waals surface area contributed by atoms with E-state index in [0.717, 1.165) is 31.4 Å². The maximum atomic E-state index is 12.6. The van der Waals surface area contributed by atoms with Gasteiger partial charge in [-0.1, -0.05) is 6.42 Å². The molecule has 1 atom stereocenters. The van der Waals surface area contributed by atoms with Crippen LogP contribution in [0.5, 0.6) is 0 Å². The minimum absolute atomic E-state index is 0.00787. The highest BCUT2D eigenvalue weighted by molar-refractivity contribution is 7.98. The van der Waals surface area contributed by atoms with Gasteiger partial charge in [0, 0.05) is 17.0 Å². The maximum Gasteiger partial charge on any atom is 0.232 e. The van der Waals surface area contributed by atoms with E-state index in [-0.39, 0.29) is 11.8 Å². The summed E-state index contributed by atoms with van der Waals surface area (Å²) in [6.45, 7) is 1.18. The van der Waals surface area contributed by atoms with Crippen molar-refractivity contribution in [2.45, 2.75) is 36.4 Å². The van der Waals surface area contributed by atoms with Crippen LogP contribution in [0.15, 0.2) is 29.2 Å². The van der Waals surface area contributed by atoms with E-state index >= 15 is 0 Å². The Morgan fingerprint density at radius 1 is 1.24 bits per heavy atom. The van der Waals surface area contributed by atoms with Crippen molar-refractivity contribution in [1.82, 2.24) is 0 Å². The zero-order valence-electron chi connectivity index (χ0n) is 12.3. The second kappa shape index (κ2) is 6.38. The zero-order valence-corrected chi connectivity index (χ0v) is 13.1. The van der Waals surface area contributed by atoms with E-state index in [0.29, 0.717) is 13.2 Å². The van der Waals surface area contributed by atoms with Gasteiger partial charge in [0.25, 0.3) is 0 Å². The monoisotopic (exact) mass is 307 g/mol. The van der Waals surface area contributed by atoms with E-state index in [1.165, 1.54) is 4.90 Å². The van der Waals surface area contributed by atoms with Crippen molar-refractivity contribution in [3.05, 3.63) is 24.3 Å². The summed E-state index contributed by atoms with van der Waals surface area (Å²) in [7, 11) is 0. The minimum Gasteiger partial charge on any atom is -0.347 e. The summed E-state index contributed by atoms with van der Waals surface area (Å²) >= 11 is 1.69. The lowest BCUT2D eigenvalue weighted by atomic mass is 9.82. The average Bonchev–Trinajstić information content (AvgIpc) is 2.97. The lowest BCUT2D eigenvalue weighted by Crippen LogP contribution is -2.47. The van der Waals surface area contributed by atoms with Crippen LogP contribution in [0.2, 0.25) is 0 Å². The standard InChI is InChI=1S/C16H21NO3S/c1-21-13-7-5-12(6-8-13)17-15(18)14-4-2-3-9-16(14)19-10-11-20-16/h5-8,14H,2-4,9-11H2,1H3,(H,17,18). The number of rotatable bonds is 3. The van der Waals surface area contributed by atoms with Crippen molar-refractivity contribution in [2.75, 3.05) is 24.8 Å². The van der Waals surface area contributed by atoms with Gasteiger partial charge in [0.15, 0.2) is 5.79 Å². The molecule has 0 radical (unpaired) electrons. The molecule has 1 unspecified atom stereocenters. The molecule has 21 heavy (non-hydrogen) atoms. The molecule has 0 bridgehead atoms. The normalized spacial score (nSPS) is 24.1. The third-order valence-electron chi connectivity index (χ3n) is 4.25. The van der Waals surface area contributed by atoms with Crippen LogP contribution in [0.1, 0.15) is 25.7 Å². The van der Waals surface area contributed by atoms with Crippen LogP contribution in [0, 0.1) is 5.92 Å². The molecule has 1 aliphatic heterocycles. The molecule has 1 spiro atoms. The van der Waals surface area contributed by atoms with Crippen LogP contribution in [-0.2, 0) is 14.3 Å². The number of benzene rings is 1. The number of hydrogen-bond acceptors (Lipinski definition) is 4. The maximum absolute atomic E-state index is 12.6. The van der Waals surface area contributed by atoms with Crippen LogP contribution in [0.25, 0.3) is 0 Å². The van der Waals surface area contributed by atoms with Crippen molar-refractivity contribution >= 4 is 23.4 Å². The van der Waals surface area contributed by atoms with Crippen molar-refractivity contribution < 1.29 is 14.3 Å². The summed E-state index contributed by atoms with van der Waals surface area (Å²) in [5.41, 5.74) is 0.830. The lowest BCUT2D eigenvalue weighted by Gasteiger charge is -2.38. The average molecular weight is 307 g/mol. The first-order valence-electron chi connectivity index (χ1n) is 7.46.